The predicted molar refractivity (Wildman–Crippen MR) is 31.8 cm³/mol. The molecule has 0 fully saturated rings. The maximum absolute atomic E-state index is 9.86. The molecule has 0 aliphatic rings. The van der Waals surface area contributed by atoms with E-state index in [1.807, 2.05) is 0 Å². The van der Waals surface area contributed by atoms with Crippen LogP contribution in [0.5, 0.6) is 0 Å². The summed E-state index contributed by atoms with van der Waals surface area (Å²) >= 11 is 0. The first-order valence-corrected chi connectivity index (χ1v) is 2.13. The van der Waals surface area contributed by atoms with Crippen molar-refractivity contribution in [2.75, 3.05) is 0 Å². The highest BCUT2D eigenvalue weighted by Crippen LogP contribution is 1.84. The van der Waals surface area contributed by atoms with E-state index < -0.39 is 11.9 Å². The Kier molecular flexibility index (Phi) is 6.23. The van der Waals surface area contributed by atoms with Crippen molar-refractivity contribution in [2.24, 2.45) is 5.73 Å². The zero-order valence-corrected chi connectivity index (χ0v) is 4.83. The summed E-state index contributed by atoms with van der Waals surface area (Å²) in [5.41, 5.74) is 4.64. The van der Waals surface area contributed by atoms with Crippen LogP contribution in [-0.2, 0) is 9.59 Å². The van der Waals surface area contributed by atoms with Crippen LogP contribution in [0.25, 0.3) is 0 Å². The minimum absolute atomic E-state index is 0. The van der Waals surface area contributed by atoms with Gasteiger partial charge in [0.15, 0.2) is 0 Å². The summed E-state index contributed by atoms with van der Waals surface area (Å²) in [6, 6.07) is 0. The van der Waals surface area contributed by atoms with E-state index in [1.165, 1.54) is 0 Å². The average Bonchev–Trinajstić information content (AvgIpc) is 1.61. The lowest BCUT2D eigenvalue weighted by molar-refractivity contribution is -0.138. The van der Waals surface area contributed by atoms with Gasteiger partial charge in [0.1, 0.15) is 0 Å². The summed E-state index contributed by atoms with van der Waals surface area (Å²) in [5.74, 6) is -1.57. The van der Waals surface area contributed by atoms with Gasteiger partial charge >= 0.3 is 5.97 Å². The molecule has 49 valence electrons. The summed E-state index contributed by atoms with van der Waals surface area (Å²) in [4.78, 5) is 19.6. The van der Waals surface area contributed by atoms with Crippen LogP contribution in [0.4, 0.5) is 0 Å². The third-order valence-electron chi connectivity index (χ3n) is 0.585. The number of carbonyl (C=O) groups is 2. The Morgan fingerprint density at radius 3 is 1.89 bits per heavy atom. The van der Waals surface area contributed by atoms with Crippen LogP contribution in [0.15, 0.2) is 0 Å². The number of carboxylic acids is 1. The summed E-state index contributed by atoms with van der Waals surface area (Å²) < 4.78 is 0. The van der Waals surface area contributed by atoms with Gasteiger partial charge in [-0.15, -0.1) is 0 Å². The quantitative estimate of drug-likeness (QED) is 0.476. The zero-order chi connectivity index (χ0) is 6.57. The maximum Gasteiger partial charge on any atom is 0.303 e. The molecule has 5 heteroatoms. The van der Waals surface area contributed by atoms with Crippen molar-refractivity contribution < 1.29 is 14.7 Å². The summed E-state index contributed by atoms with van der Waals surface area (Å²) in [5, 5.41) is 7.95. The molecule has 9 heavy (non-hydrogen) atoms. The third kappa shape index (κ3) is 10.9. The first-order chi connectivity index (χ1) is 3.63. The monoisotopic (exact) mass is 128 g/mol. The number of nitrogens with two attached hydrogens (primary N) is 1. The van der Waals surface area contributed by atoms with Gasteiger partial charge in [0, 0.05) is 14.8 Å². The van der Waals surface area contributed by atoms with Crippen molar-refractivity contribution in [3.63, 3.8) is 0 Å². The molecule has 0 heterocycles. The molecule has 3 radical (unpaired) electrons. The van der Waals surface area contributed by atoms with Gasteiger partial charge in [0.25, 0.3) is 0 Å². The van der Waals surface area contributed by atoms with Gasteiger partial charge in [-0.3, -0.25) is 9.59 Å². The third-order valence-corrected chi connectivity index (χ3v) is 0.585. The summed E-state index contributed by atoms with van der Waals surface area (Å²) in [7, 11) is 0. The Morgan fingerprint density at radius 2 is 1.78 bits per heavy atom. The van der Waals surface area contributed by atoms with Gasteiger partial charge in [-0.25, -0.2) is 0 Å². The van der Waals surface area contributed by atoms with Gasteiger partial charge in [-0.1, -0.05) is 0 Å². The fourth-order valence-corrected chi connectivity index (χ4v) is 0.230. The van der Waals surface area contributed by atoms with E-state index in [4.69, 9.17) is 5.11 Å². The molecular formula is C4H7BNO3. The van der Waals surface area contributed by atoms with Gasteiger partial charge in [0.05, 0.1) is 6.42 Å². The minimum atomic E-state index is -0.996. The number of carboxylic acid groups (broad SMARTS) is 1. The van der Waals surface area contributed by atoms with Crippen LogP contribution >= 0.6 is 0 Å². The lowest BCUT2D eigenvalue weighted by atomic mass is 10.3. The van der Waals surface area contributed by atoms with E-state index in [0.717, 1.165) is 0 Å². The largest absolute Gasteiger partial charge is 0.481 e. The van der Waals surface area contributed by atoms with Crippen molar-refractivity contribution in [1.29, 1.82) is 0 Å². The lowest BCUT2D eigenvalue weighted by Crippen LogP contribution is -2.12. The molecule has 0 atom stereocenters. The second-order valence-corrected chi connectivity index (χ2v) is 1.36. The van der Waals surface area contributed by atoms with E-state index in [9.17, 15) is 9.59 Å². The minimum Gasteiger partial charge on any atom is -0.481 e. The second kappa shape index (κ2) is 5.15. The Bertz CT molecular complexity index is 100. The molecule has 1 amide bonds. The van der Waals surface area contributed by atoms with Gasteiger partial charge < -0.3 is 10.8 Å². The molecule has 0 aliphatic carbocycles. The number of hydrogen-bond donors (Lipinski definition) is 2. The smallest absolute Gasteiger partial charge is 0.303 e. The standard InChI is InChI=1S/C4H7NO3.B/c5-3(6)1-2-4(7)8;/h1-2H2,(H2,5,6)(H,7,8);. The molecule has 4 nitrogen and oxygen atoms in total. The molecule has 0 aromatic rings. The van der Waals surface area contributed by atoms with Crippen molar-refractivity contribution in [2.45, 2.75) is 12.8 Å². The number of carbonyl (C=O) groups excluding carboxylic acids is 1. The van der Waals surface area contributed by atoms with Crippen molar-refractivity contribution >= 4 is 20.3 Å². The van der Waals surface area contributed by atoms with Crippen molar-refractivity contribution in [3.8, 4) is 0 Å². The molecule has 3 N–H and O–H groups in total. The Balaban J connectivity index is 0. The number of hydrogen-bond acceptors (Lipinski definition) is 2. The molecule has 0 rings (SSSR count). The highest BCUT2D eigenvalue weighted by Gasteiger charge is 1.98. The van der Waals surface area contributed by atoms with Crippen molar-refractivity contribution in [3.05, 3.63) is 0 Å². The first-order valence-electron chi connectivity index (χ1n) is 2.13. The van der Waals surface area contributed by atoms with Crippen molar-refractivity contribution in [1.82, 2.24) is 0 Å². The molecular weight excluding hydrogens is 121 g/mol. The topological polar surface area (TPSA) is 80.4 Å². The first kappa shape index (κ1) is 10.9. The molecule has 0 spiro atoms. The van der Waals surface area contributed by atoms with Crippen LogP contribution in [-0.4, -0.2) is 25.4 Å². The Morgan fingerprint density at radius 1 is 1.33 bits per heavy atom. The SMILES string of the molecule is NC(=O)CCC(=O)O.[B]. The normalized spacial score (nSPS) is 7.56. The van der Waals surface area contributed by atoms with Crippen LogP contribution in [0.1, 0.15) is 12.8 Å². The zero-order valence-electron chi connectivity index (χ0n) is 4.83. The molecule has 0 saturated heterocycles. The lowest BCUT2D eigenvalue weighted by Gasteiger charge is -1.86. The number of amides is 1. The van der Waals surface area contributed by atoms with E-state index in [1.54, 1.807) is 0 Å². The highest BCUT2D eigenvalue weighted by molar-refractivity contribution is 5.79. The van der Waals surface area contributed by atoms with E-state index in [0.29, 0.717) is 0 Å². The molecule has 0 aromatic carbocycles. The molecule has 0 aliphatic heterocycles. The summed E-state index contributed by atoms with van der Waals surface area (Å²) in [6.45, 7) is 0. The number of aliphatic carboxylic acids is 1. The summed E-state index contributed by atoms with van der Waals surface area (Å²) in [6.07, 6.45) is -0.245. The van der Waals surface area contributed by atoms with Gasteiger partial charge in [-0.05, 0) is 0 Å². The maximum atomic E-state index is 9.86. The molecule has 0 aromatic heterocycles. The number of primary amides is 1. The van der Waals surface area contributed by atoms with E-state index in [-0.39, 0.29) is 21.3 Å². The van der Waals surface area contributed by atoms with Gasteiger partial charge in [-0.2, -0.15) is 0 Å². The fourth-order valence-electron chi connectivity index (χ4n) is 0.230. The average molecular weight is 128 g/mol. The number of rotatable bonds is 3. The Hall–Kier alpha value is -0.995. The van der Waals surface area contributed by atoms with Gasteiger partial charge in [0.2, 0.25) is 5.91 Å². The van der Waals surface area contributed by atoms with E-state index >= 15 is 0 Å². The van der Waals surface area contributed by atoms with Crippen LogP contribution in [0.3, 0.4) is 0 Å². The Labute approximate surface area is 54.6 Å². The van der Waals surface area contributed by atoms with E-state index in [2.05, 4.69) is 5.73 Å². The fraction of sp³-hybridized carbons (Fsp3) is 0.500. The molecule has 0 bridgehead atoms. The predicted octanol–water partition coefficient (Wildman–Crippen LogP) is -1.04. The van der Waals surface area contributed by atoms with Crippen LogP contribution in [0.2, 0.25) is 0 Å². The second-order valence-electron chi connectivity index (χ2n) is 1.36. The molecule has 0 saturated carbocycles. The van der Waals surface area contributed by atoms with Crippen LogP contribution < -0.4 is 5.73 Å². The van der Waals surface area contributed by atoms with Crippen LogP contribution in [0, 0.1) is 0 Å². The molecule has 0 unspecified atom stereocenters. The highest BCUT2D eigenvalue weighted by atomic mass is 16.4.